The van der Waals surface area contributed by atoms with Gasteiger partial charge in [-0.15, -0.1) is 0 Å². The number of amides is 1. The molecule has 0 saturated heterocycles. The summed E-state index contributed by atoms with van der Waals surface area (Å²) in [4.78, 5) is 26.5. The van der Waals surface area contributed by atoms with E-state index in [0.717, 1.165) is 22.3 Å². The first-order valence-electron chi connectivity index (χ1n) is 10.2. The summed E-state index contributed by atoms with van der Waals surface area (Å²) in [5.41, 5.74) is 8.01. The molecular formula is C26H24N4O. The van der Waals surface area contributed by atoms with Crippen LogP contribution in [0.1, 0.15) is 32.6 Å². The summed E-state index contributed by atoms with van der Waals surface area (Å²) in [7, 11) is 0. The van der Waals surface area contributed by atoms with Crippen LogP contribution in [-0.2, 0) is 6.54 Å². The highest BCUT2D eigenvalue weighted by Gasteiger charge is 2.17. The van der Waals surface area contributed by atoms with Crippen LogP contribution < -0.4 is 5.32 Å². The molecule has 0 aliphatic carbocycles. The van der Waals surface area contributed by atoms with Gasteiger partial charge in [-0.3, -0.25) is 19.7 Å². The van der Waals surface area contributed by atoms with Crippen LogP contribution in [0.4, 0.5) is 0 Å². The normalized spacial score (nSPS) is 10.7. The van der Waals surface area contributed by atoms with Crippen molar-refractivity contribution in [3.63, 3.8) is 0 Å². The van der Waals surface area contributed by atoms with E-state index in [1.165, 1.54) is 11.1 Å². The third kappa shape index (κ3) is 4.67. The number of rotatable bonds is 5. The standard InChI is InChI=1S/C26H24N4O/c1-17-10-21(15-27-13-17)22-12-23(25(29-16-22)24-6-4-5-9-28-24)26(31)30-14-20-8-7-18(2)19(3)11-20/h4-13,15-16H,14H2,1-3H3,(H,30,31). The maximum atomic E-state index is 13.2. The highest BCUT2D eigenvalue weighted by Crippen LogP contribution is 2.26. The van der Waals surface area contributed by atoms with Gasteiger partial charge in [0.15, 0.2) is 0 Å². The summed E-state index contributed by atoms with van der Waals surface area (Å²) in [5, 5.41) is 3.04. The number of aryl methyl sites for hydroxylation is 3. The van der Waals surface area contributed by atoms with Crippen molar-refractivity contribution in [3.05, 3.63) is 101 Å². The fraction of sp³-hybridized carbons (Fsp3) is 0.154. The predicted molar refractivity (Wildman–Crippen MR) is 123 cm³/mol. The zero-order valence-corrected chi connectivity index (χ0v) is 17.9. The van der Waals surface area contributed by atoms with E-state index in [1.54, 1.807) is 24.8 Å². The zero-order chi connectivity index (χ0) is 21.8. The molecule has 0 bridgehead atoms. The van der Waals surface area contributed by atoms with Gasteiger partial charge in [-0.25, -0.2) is 0 Å². The molecule has 0 aliphatic heterocycles. The Morgan fingerprint density at radius 1 is 0.871 bits per heavy atom. The van der Waals surface area contributed by atoms with Gasteiger partial charge in [-0.1, -0.05) is 24.3 Å². The van der Waals surface area contributed by atoms with Crippen molar-refractivity contribution in [2.45, 2.75) is 27.3 Å². The Morgan fingerprint density at radius 3 is 2.45 bits per heavy atom. The number of carbonyl (C=O) groups excluding carboxylic acids is 1. The number of hydrogen-bond donors (Lipinski definition) is 1. The van der Waals surface area contributed by atoms with E-state index in [2.05, 4.69) is 46.2 Å². The first-order valence-corrected chi connectivity index (χ1v) is 10.2. The van der Waals surface area contributed by atoms with Gasteiger partial charge in [0, 0.05) is 42.5 Å². The quantitative estimate of drug-likeness (QED) is 0.501. The highest BCUT2D eigenvalue weighted by atomic mass is 16.1. The van der Waals surface area contributed by atoms with Crippen LogP contribution in [0.15, 0.2) is 73.3 Å². The van der Waals surface area contributed by atoms with E-state index in [9.17, 15) is 4.79 Å². The van der Waals surface area contributed by atoms with Crippen molar-refractivity contribution in [2.24, 2.45) is 0 Å². The SMILES string of the molecule is Cc1cncc(-c2cnc(-c3ccccn3)c(C(=O)NCc3ccc(C)c(C)c3)c2)c1. The molecule has 1 aromatic carbocycles. The minimum atomic E-state index is -0.186. The Labute approximate surface area is 182 Å². The van der Waals surface area contributed by atoms with Crippen molar-refractivity contribution in [2.75, 3.05) is 0 Å². The summed E-state index contributed by atoms with van der Waals surface area (Å²) >= 11 is 0. The second-order valence-corrected chi connectivity index (χ2v) is 7.69. The number of carbonyl (C=O) groups is 1. The molecule has 0 atom stereocenters. The van der Waals surface area contributed by atoms with Gasteiger partial charge in [0.1, 0.15) is 5.69 Å². The highest BCUT2D eigenvalue weighted by molar-refractivity contribution is 6.00. The smallest absolute Gasteiger partial charge is 0.253 e. The molecule has 0 saturated carbocycles. The Kier molecular flexibility index (Phi) is 5.85. The number of nitrogens with one attached hydrogen (secondary N) is 1. The zero-order valence-electron chi connectivity index (χ0n) is 17.9. The lowest BCUT2D eigenvalue weighted by Crippen LogP contribution is -2.24. The summed E-state index contributed by atoms with van der Waals surface area (Å²) in [6.07, 6.45) is 7.05. The van der Waals surface area contributed by atoms with Gasteiger partial charge < -0.3 is 5.32 Å². The second-order valence-electron chi connectivity index (χ2n) is 7.69. The van der Waals surface area contributed by atoms with Crippen LogP contribution in [-0.4, -0.2) is 20.9 Å². The molecule has 31 heavy (non-hydrogen) atoms. The number of pyridine rings is 3. The van der Waals surface area contributed by atoms with Crippen LogP contribution in [0.5, 0.6) is 0 Å². The van der Waals surface area contributed by atoms with Gasteiger partial charge in [0.25, 0.3) is 5.91 Å². The number of aromatic nitrogens is 3. The van der Waals surface area contributed by atoms with Gasteiger partial charge in [0.05, 0.1) is 11.3 Å². The average Bonchev–Trinajstić information content (AvgIpc) is 2.80. The Balaban J connectivity index is 1.69. The van der Waals surface area contributed by atoms with Crippen LogP contribution in [0, 0.1) is 20.8 Å². The van der Waals surface area contributed by atoms with Crippen molar-refractivity contribution < 1.29 is 4.79 Å². The van der Waals surface area contributed by atoms with E-state index >= 15 is 0 Å². The summed E-state index contributed by atoms with van der Waals surface area (Å²) in [5.74, 6) is -0.186. The fourth-order valence-electron chi connectivity index (χ4n) is 3.41. The van der Waals surface area contributed by atoms with Crippen LogP contribution >= 0.6 is 0 Å². The second kappa shape index (κ2) is 8.88. The molecule has 1 amide bonds. The van der Waals surface area contributed by atoms with E-state index in [4.69, 9.17) is 0 Å². The molecule has 5 nitrogen and oxygen atoms in total. The Bertz CT molecular complexity index is 1240. The average molecular weight is 409 g/mol. The lowest BCUT2D eigenvalue weighted by atomic mass is 10.0. The van der Waals surface area contributed by atoms with E-state index < -0.39 is 0 Å². The number of nitrogens with zero attached hydrogens (tertiary/aromatic N) is 3. The minimum absolute atomic E-state index is 0.186. The van der Waals surface area contributed by atoms with Crippen molar-refractivity contribution in [1.29, 1.82) is 0 Å². The molecule has 0 aliphatic rings. The van der Waals surface area contributed by atoms with Crippen LogP contribution in [0.2, 0.25) is 0 Å². The summed E-state index contributed by atoms with van der Waals surface area (Å²) < 4.78 is 0. The molecule has 154 valence electrons. The minimum Gasteiger partial charge on any atom is -0.348 e. The van der Waals surface area contributed by atoms with Gasteiger partial charge in [0.2, 0.25) is 0 Å². The van der Waals surface area contributed by atoms with E-state index in [1.807, 2.05) is 43.3 Å². The third-order valence-corrected chi connectivity index (χ3v) is 5.27. The molecule has 3 heterocycles. The lowest BCUT2D eigenvalue weighted by Gasteiger charge is -2.12. The van der Waals surface area contributed by atoms with Crippen molar-refractivity contribution >= 4 is 5.91 Å². The number of hydrogen-bond acceptors (Lipinski definition) is 4. The monoisotopic (exact) mass is 408 g/mol. The molecule has 0 unspecified atom stereocenters. The van der Waals surface area contributed by atoms with Gasteiger partial charge >= 0.3 is 0 Å². The maximum absolute atomic E-state index is 13.2. The van der Waals surface area contributed by atoms with Crippen molar-refractivity contribution in [3.8, 4) is 22.5 Å². The fourth-order valence-corrected chi connectivity index (χ4v) is 3.41. The molecule has 0 radical (unpaired) electrons. The summed E-state index contributed by atoms with van der Waals surface area (Å²) in [6, 6.07) is 15.7. The number of benzene rings is 1. The third-order valence-electron chi connectivity index (χ3n) is 5.27. The maximum Gasteiger partial charge on any atom is 0.253 e. The van der Waals surface area contributed by atoms with E-state index in [0.29, 0.717) is 23.5 Å². The first kappa shape index (κ1) is 20.4. The predicted octanol–water partition coefficient (Wildman–Crippen LogP) is 5.06. The largest absolute Gasteiger partial charge is 0.348 e. The van der Waals surface area contributed by atoms with Crippen LogP contribution in [0.25, 0.3) is 22.5 Å². The Hall–Kier alpha value is -3.86. The van der Waals surface area contributed by atoms with Crippen LogP contribution in [0.3, 0.4) is 0 Å². The molecule has 4 aromatic rings. The van der Waals surface area contributed by atoms with Gasteiger partial charge in [-0.2, -0.15) is 0 Å². The summed E-state index contributed by atoms with van der Waals surface area (Å²) in [6.45, 7) is 6.58. The molecule has 4 rings (SSSR count). The molecule has 0 spiro atoms. The molecule has 1 N–H and O–H groups in total. The Morgan fingerprint density at radius 2 is 1.71 bits per heavy atom. The van der Waals surface area contributed by atoms with Gasteiger partial charge in [-0.05, 0) is 67.3 Å². The topological polar surface area (TPSA) is 67.8 Å². The molecular weight excluding hydrogens is 384 g/mol. The van der Waals surface area contributed by atoms with E-state index in [-0.39, 0.29) is 5.91 Å². The molecule has 0 fully saturated rings. The molecule has 5 heteroatoms. The van der Waals surface area contributed by atoms with Crippen molar-refractivity contribution in [1.82, 2.24) is 20.3 Å². The lowest BCUT2D eigenvalue weighted by molar-refractivity contribution is 0.0951. The first-order chi connectivity index (χ1) is 15.0. The molecule has 3 aromatic heterocycles.